The molecule has 2 rings (SSSR count). The molecular weight excluding hydrogens is 282 g/mol. The first-order valence-corrected chi connectivity index (χ1v) is 8.68. The summed E-state index contributed by atoms with van der Waals surface area (Å²) in [7, 11) is 0. The van der Waals surface area contributed by atoms with Crippen LogP contribution in [0.1, 0.15) is 74.7 Å². The molecule has 2 aliphatic carbocycles. The Kier molecular flexibility index (Phi) is 3.82. The van der Waals surface area contributed by atoms with E-state index >= 15 is 0 Å². The highest BCUT2D eigenvalue weighted by molar-refractivity contribution is 5.91. The lowest BCUT2D eigenvalue weighted by atomic mass is 9.34. The number of hydrogen-bond acceptors (Lipinski definition) is 2. The molecular formula is C21H31NO. The van der Waals surface area contributed by atoms with Crippen molar-refractivity contribution in [2.75, 3.05) is 0 Å². The number of nitrogens with zero attached hydrogens (tertiary/aromatic N) is 1. The van der Waals surface area contributed by atoms with Crippen LogP contribution in [0.4, 0.5) is 0 Å². The van der Waals surface area contributed by atoms with Gasteiger partial charge in [-0.25, -0.2) is 0 Å². The number of carbonyl (C=O) groups excluding carboxylic acids is 1. The Morgan fingerprint density at radius 3 is 2.13 bits per heavy atom. The van der Waals surface area contributed by atoms with E-state index in [2.05, 4.69) is 73.3 Å². The van der Waals surface area contributed by atoms with E-state index < -0.39 is 10.8 Å². The quantitative estimate of drug-likeness (QED) is 0.591. The highest BCUT2D eigenvalue weighted by Crippen LogP contribution is 2.71. The average Bonchev–Trinajstić information content (AvgIpc) is 2.31. The van der Waals surface area contributed by atoms with Gasteiger partial charge in [-0.1, -0.05) is 46.5 Å². The summed E-state index contributed by atoms with van der Waals surface area (Å²) in [5, 5.41) is 10.0. The topological polar surface area (TPSA) is 40.9 Å². The van der Waals surface area contributed by atoms with Crippen molar-refractivity contribution in [2.24, 2.45) is 33.0 Å². The van der Waals surface area contributed by atoms with Crippen LogP contribution in [-0.4, -0.2) is 5.78 Å². The molecule has 0 bridgehead atoms. The minimum absolute atomic E-state index is 0.0393. The molecule has 2 saturated carbocycles. The molecule has 2 fully saturated rings. The molecule has 2 heteroatoms. The van der Waals surface area contributed by atoms with Gasteiger partial charge in [-0.15, -0.1) is 0 Å². The van der Waals surface area contributed by atoms with Gasteiger partial charge < -0.3 is 0 Å². The van der Waals surface area contributed by atoms with Crippen LogP contribution < -0.4 is 0 Å². The van der Waals surface area contributed by atoms with E-state index in [4.69, 9.17) is 0 Å². The van der Waals surface area contributed by atoms with Gasteiger partial charge in [0.1, 0.15) is 0 Å². The van der Waals surface area contributed by atoms with Gasteiger partial charge in [-0.2, -0.15) is 5.26 Å². The van der Waals surface area contributed by atoms with Crippen molar-refractivity contribution in [1.82, 2.24) is 0 Å². The van der Waals surface area contributed by atoms with E-state index in [-0.39, 0.29) is 27.9 Å². The number of hydrogen-bond donors (Lipinski definition) is 0. The molecule has 0 aliphatic heterocycles. The Hall–Kier alpha value is -1.28. The van der Waals surface area contributed by atoms with E-state index in [0.29, 0.717) is 12.8 Å². The van der Waals surface area contributed by atoms with Gasteiger partial charge in [0.05, 0.1) is 16.9 Å². The van der Waals surface area contributed by atoms with Gasteiger partial charge in [-0.05, 0) is 44.4 Å². The zero-order valence-corrected chi connectivity index (χ0v) is 16.1. The lowest BCUT2D eigenvalue weighted by Gasteiger charge is -2.65. The monoisotopic (exact) mass is 313 g/mol. The molecule has 0 aromatic rings. The zero-order valence-electron chi connectivity index (χ0n) is 16.1. The Bertz CT molecular complexity index is 626. The highest BCUT2D eigenvalue weighted by Gasteiger charge is 2.72. The predicted molar refractivity (Wildman–Crippen MR) is 93.3 cm³/mol. The molecule has 0 N–H and O–H groups in total. The number of carbonyl (C=O) groups is 1. The Morgan fingerprint density at radius 2 is 1.70 bits per heavy atom. The standard InChI is InChI=1S/C21H31NO/c1-17(2,3)9-10-20-13-21(14-22,18(4,5)6)15(20)11-19(7,8)12-16(20)23/h15H,11-13H2,1-8H3. The third kappa shape index (κ3) is 2.71. The summed E-state index contributed by atoms with van der Waals surface area (Å²) >= 11 is 0. The van der Waals surface area contributed by atoms with Crippen LogP contribution in [0.2, 0.25) is 0 Å². The van der Waals surface area contributed by atoms with Crippen molar-refractivity contribution < 1.29 is 4.79 Å². The molecule has 2 aliphatic rings. The molecule has 0 amide bonds. The zero-order chi connectivity index (χ0) is 17.9. The van der Waals surface area contributed by atoms with Crippen LogP contribution in [0.3, 0.4) is 0 Å². The van der Waals surface area contributed by atoms with Crippen molar-refractivity contribution in [3.05, 3.63) is 0 Å². The fourth-order valence-corrected chi connectivity index (χ4v) is 4.41. The van der Waals surface area contributed by atoms with Crippen molar-refractivity contribution in [2.45, 2.75) is 74.7 Å². The van der Waals surface area contributed by atoms with Crippen LogP contribution in [-0.2, 0) is 4.79 Å². The SMILES string of the molecule is CC(C)(C)C#CC12CC(C#N)(C(C)(C)C)C1CC(C)(C)CC2=O. The Morgan fingerprint density at radius 1 is 1.13 bits per heavy atom. The Balaban J connectivity index is 2.56. The third-order valence-electron chi connectivity index (χ3n) is 5.84. The molecule has 2 nitrogen and oxygen atoms in total. The smallest absolute Gasteiger partial charge is 0.151 e. The normalized spacial score (nSPS) is 36.1. The summed E-state index contributed by atoms with van der Waals surface area (Å²) in [5.74, 6) is 6.98. The van der Waals surface area contributed by atoms with E-state index in [9.17, 15) is 10.1 Å². The van der Waals surface area contributed by atoms with E-state index in [1.54, 1.807) is 0 Å². The molecule has 23 heavy (non-hydrogen) atoms. The van der Waals surface area contributed by atoms with Gasteiger partial charge in [-0.3, -0.25) is 4.79 Å². The van der Waals surface area contributed by atoms with Gasteiger partial charge >= 0.3 is 0 Å². The number of nitriles is 1. The van der Waals surface area contributed by atoms with Crippen LogP contribution >= 0.6 is 0 Å². The minimum Gasteiger partial charge on any atom is -0.298 e. The second-order valence-electron chi connectivity index (χ2n) is 10.5. The number of Topliss-reactive ketones (excluding diaryl/α,β-unsaturated/α-hetero) is 1. The van der Waals surface area contributed by atoms with Crippen molar-refractivity contribution in [3.8, 4) is 17.9 Å². The second-order valence-corrected chi connectivity index (χ2v) is 10.5. The van der Waals surface area contributed by atoms with Gasteiger partial charge in [0.25, 0.3) is 0 Å². The van der Waals surface area contributed by atoms with Crippen molar-refractivity contribution >= 4 is 5.78 Å². The molecule has 126 valence electrons. The van der Waals surface area contributed by atoms with Crippen LogP contribution in [0.5, 0.6) is 0 Å². The molecule has 0 radical (unpaired) electrons. The molecule has 0 saturated heterocycles. The van der Waals surface area contributed by atoms with Crippen LogP contribution in [0.25, 0.3) is 0 Å². The highest BCUT2D eigenvalue weighted by atomic mass is 16.1. The maximum atomic E-state index is 13.0. The first kappa shape index (κ1) is 18.1. The first-order valence-electron chi connectivity index (χ1n) is 8.68. The fraction of sp³-hybridized carbons (Fsp3) is 0.810. The van der Waals surface area contributed by atoms with Crippen molar-refractivity contribution in [3.63, 3.8) is 0 Å². The van der Waals surface area contributed by atoms with Crippen LogP contribution in [0.15, 0.2) is 0 Å². The maximum Gasteiger partial charge on any atom is 0.151 e. The second kappa shape index (κ2) is 4.86. The van der Waals surface area contributed by atoms with Crippen molar-refractivity contribution in [1.29, 1.82) is 5.26 Å². The average molecular weight is 313 g/mol. The number of fused-ring (bicyclic) bond motifs is 1. The lowest BCUT2D eigenvalue weighted by molar-refractivity contribution is -0.178. The lowest BCUT2D eigenvalue weighted by Crippen LogP contribution is -2.67. The first-order chi connectivity index (χ1) is 10.2. The number of rotatable bonds is 0. The van der Waals surface area contributed by atoms with E-state index in [0.717, 1.165) is 6.42 Å². The summed E-state index contributed by atoms with van der Waals surface area (Å²) in [6.07, 6.45) is 2.08. The van der Waals surface area contributed by atoms with Crippen LogP contribution in [0, 0.1) is 56.2 Å². The maximum absolute atomic E-state index is 13.0. The molecule has 0 aromatic carbocycles. The van der Waals surface area contributed by atoms with Gasteiger partial charge in [0.15, 0.2) is 5.78 Å². The summed E-state index contributed by atoms with van der Waals surface area (Å²) < 4.78 is 0. The molecule has 0 aromatic heterocycles. The van der Waals surface area contributed by atoms with Gasteiger partial charge in [0.2, 0.25) is 0 Å². The van der Waals surface area contributed by atoms with Gasteiger partial charge in [0, 0.05) is 17.8 Å². The minimum atomic E-state index is -0.591. The summed E-state index contributed by atoms with van der Waals surface area (Å²) in [4.78, 5) is 13.0. The predicted octanol–water partition coefficient (Wildman–Crippen LogP) is 4.99. The molecule has 3 atom stereocenters. The summed E-state index contributed by atoms with van der Waals surface area (Å²) in [6, 6.07) is 2.61. The summed E-state index contributed by atoms with van der Waals surface area (Å²) in [6.45, 7) is 16.9. The van der Waals surface area contributed by atoms with E-state index in [1.807, 2.05) is 0 Å². The molecule has 0 heterocycles. The molecule has 0 spiro atoms. The molecule has 3 unspecified atom stereocenters. The fourth-order valence-electron chi connectivity index (χ4n) is 4.41. The third-order valence-corrected chi connectivity index (χ3v) is 5.84. The Labute approximate surface area is 142 Å². The number of ketones is 1. The largest absolute Gasteiger partial charge is 0.298 e. The van der Waals surface area contributed by atoms with E-state index in [1.165, 1.54) is 0 Å². The summed E-state index contributed by atoms with van der Waals surface area (Å²) in [5.41, 5.74) is -1.35.